The first-order valence-corrected chi connectivity index (χ1v) is 10.0. The van der Waals surface area contributed by atoms with Crippen LogP contribution in [0.3, 0.4) is 0 Å². The summed E-state index contributed by atoms with van der Waals surface area (Å²) < 4.78 is 28.9. The second-order valence-corrected chi connectivity index (χ2v) is 8.59. The maximum absolute atomic E-state index is 7.61. The predicted molar refractivity (Wildman–Crippen MR) is 124 cm³/mol. The third-order valence-corrected chi connectivity index (χ3v) is 5.49. The maximum Gasteiger partial charge on any atom is 0.227 e. The lowest BCUT2D eigenvalue weighted by Gasteiger charge is -2.19. The maximum atomic E-state index is 7.61. The minimum absolute atomic E-state index is 0.0237. The van der Waals surface area contributed by atoms with E-state index in [9.17, 15) is 0 Å². The van der Waals surface area contributed by atoms with Crippen molar-refractivity contribution >= 4 is 22.1 Å². The molecule has 0 unspecified atom stereocenters. The van der Waals surface area contributed by atoms with Gasteiger partial charge in [-0.25, -0.2) is 4.98 Å². The van der Waals surface area contributed by atoms with Crippen LogP contribution >= 0.6 is 0 Å². The first-order chi connectivity index (χ1) is 15.6. The molecular formula is C27H24N2O. The third-order valence-electron chi connectivity index (χ3n) is 5.49. The van der Waals surface area contributed by atoms with Crippen molar-refractivity contribution in [2.24, 2.45) is 0 Å². The van der Waals surface area contributed by atoms with Crippen molar-refractivity contribution in [2.75, 3.05) is 0 Å². The second kappa shape index (κ2) is 6.81. The minimum atomic E-state index is -2.28. The van der Waals surface area contributed by atoms with Crippen LogP contribution in [0.5, 0.6) is 0 Å². The molecule has 3 heterocycles. The van der Waals surface area contributed by atoms with Gasteiger partial charge < -0.3 is 4.42 Å². The van der Waals surface area contributed by atoms with Crippen molar-refractivity contribution in [3.63, 3.8) is 0 Å². The van der Waals surface area contributed by atoms with Crippen LogP contribution in [0.2, 0.25) is 0 Å². The van der Waals surface area contributed by atoms with E-state index in [1.807, 2.05) is 30.5 Å². The van der Waals surface area contributed by atoms with Gasteiger partial charge in [-0.2, -0.15) is 0 Å². The number of hydrogen-bond donors (Lipinski definition) is 0. The predicted octanol–water partition coefficient (Wildman–Crippen LogP) is 7.32. The van der Waals surface area contributed by atoms with Crippen molar-refractivity contribution in [3.05, 3.63) is 84.2 Å². The van der Waals surface area contributed by atoms with E-state index < -0.39 is 6.85 Å². The van der Waals surface area contributed by atoms with Gasteiger partial charge >= 0.3 is 0 Å². The van der Waals surface area contributed by atoms with E-state index in [-0.39, 0.29) is 11.1 Å². The Kier molecular flexibility index (Phi) is 3.49. The van der Waals surface area contributed by atoms with Gasteiger partial charge in [0.05, 0.1) is 5.69 Å². The molecule has 0 N–H and O–H groups in total. The summed E-state index contributed by atoms with van der Waals surface area (Å²) in [6.07, 6.45) is 1.87. The summed E-state index contributed by atoms with van der Waals surface area (Å²) in [5.41, 5.74) is 6.19. The Balaban J connectivity index is 1.54. The third kappa shape index (κ3) is 3.17. The van der Waals surface area contributed by atoms with Gasteiger partial charge in [0.25, 0.3) is 0 Å². The number of aromatic nitrogens is 2. The second-order valence-electron chi connectivity index (χ2n) is 8.59. The highest BCUT2D eigenvalue weighted by Gasteiger charge is 2.15. The summed E-state index contributed by atoms with van der Waals surface area (Å²) >= 11 is 0. The summed E-state index contributed by atoms with van der Waals surface area (Å²) in [5.74, 6) is 0. The molecule has 0 bridgehead atoms. The molecule has 0 fully saturated rings. The smallest absolute Gasteiger partial charge is 0.227 e. The van der Waals surface area contributed by atoms with Gasteiger partial charge in [-0.15, -0.1) is 0 Å². The monoisotopic (exact) mass is 395 g/mol. The highest BCUT2D eigenvalue weighted by molar-refractivity contribution is 6.08. The van der Waals surface area contributed by atoms with Gasteiger partial charge in [0.2, 0.25) is 5.71 Å². The van der Waals surface area contributed by atoms with Gasteiger partial charge in [-0.1, -0.05) is 63.2 Å². The number of hydrogen-bond acceptors (Lipinski definition) is 3. The molecule has 0 saturated carbocycles. The molecule has 3 heteroatoms. The molecule has 0 amide bonds. The van der Waals surface area contributed by atoms with Gasteiger partial charge in [-0.3, -0.25) is 4.98 Å². The van der Waals surface area contributed by atoms with Crippen LogP contribution in [0.4, 0.5) is 0 Å². The van der Waals surface area contributed by atoms with Gasteiger partial charge in [0.1, 0.15) is 5.58 Å². The van der Waals surface area contributed by atoms with E-state index in [1.54, 1.807) is 6.07 Å². The Morgan fingerprint density at radius 2 is 1.63 bits per heavy atom. The summed E-state index contributed by atoms with van der Waals surface area (Å²) in [7, 11) is 0. The van der Waals surface area contributed by atoms with Crippen molar-refractivity contribution in [3.8, 4) is 22.4 Å². The summed E-state index contributed by atoms with van der Waals surface area (Å²) in [4.78, 5) is 8.95. The van der Waals surface area contributed by atoms with Crippen LogP contribution in [-0.4, -0.2) is 9.97 Å². The fourth-order valence-electron chi connectivity index (χ4n) is 3.77. The van der Waals surface area contributed by atoms with Gasteiger partial charge in [0, 0.05) is 37.9 Å². The Labute approximate surface area is 180 Å². The highest BCUT2D eigenvalue weighted by Crippen LogP contribution is 2.35. The van der Waals surface area contributed by atoms with Crippen LogP contribution in [0.25, 0.3) is 44.5 Å². The van der Waals surface area contributed by atoms with E-state index in [0.717, 1.165) is 33.2 Å². The topological polar surface area (TPSA) is 38.9 Å². The Hall–Kier alpha value is -3.46. The Bertz CT molecular complexity index is 1460. The molecule has 148 valence electrons. The number of para-hydroxylation sites is 1. The SMILES string of the molecule is [2H]C([2H])([2H])c1ccc2c(n1)oc1c(-c3ccc(-c4ccc(C(C)(C)C)cc4)cn3)cccc12. The number of aryl methyl sites for hydroxylation is 1. The molecule has 0 aliphatic heterocycles. The lowest BCUT2D eigenvalue weighted by Crippen LogP contribution is -2.10. The molecule has 5 rings (SSSR count). The van der Waals surface area contributed by atoms with E-state index in [4.69, 9.17) is 13.5 Å². The molecular weight excluding hydrogens is 368 g/mol. The normalized spacial score (nSPS) is 13.9. The molecule has 0 spiro atoms. The number of benzene rings is 2. The molecule has 0 aliphatic rings. The molecule has 0 saturated heterocycles. The first-order valence-electron chi connectivity index (χ1n) is 11.5. The van der Waals surface area contributed by atoms with Crippen LogP contribution < -0.4 is 0 Å². The quantitative estimate of drug-likeness (QED) is 0.314. The van der Waals surface area contributed by atoms with Crippen LogP contribution in [0.15, 0.2) is 77.3 Å². The average Bonchev–Trinajstić information content (AvgIpc) is 3.16. The molecule has 0 atom stereocenters. The standard InChI is InChI=1S/C27H24N2O/c1-17-8-14-22-21-6-5-7-23(25(21)30-26(22)29-17)24-15-11-19(16-28-24)18-9-12-20(13-10-18)27(2,3)4/h5-16H,1-4H3/i1D3. The van der Waals surface area contributed by atoms with Crippen molar-refractivity contribution in [1.29, 1.82) is 0 Å². The van der Waals surface area contributed by atoms with Crippen LogP contribution in [0.1, 0.15) is 36.1 Å². The van der Waals surface area contributed by atoms with Crippen molar-refractivity contribution in [2.45, 2.75) is 33.0 Å². The molecule has 2 aromatic carbocycles. The summed E-state index contributed by atoms with van der Waals surface area (Å²) in [5, 5.41) is 1.67. The number of furan rings is 1. The van der Waals surface area contributed by atoms with Crippen molar-refractivity contribution < 1.29 is 8.53 Å². The number of rotatable bonds is 2. The highest BCUT2D eigenvalue weighted by atomic mass is 16.3. The minimum Gasteiger partial charge on any atom is -0.437 e. The largest absolute Gasteiger partial charge is 0.437 e. The van der Waals surface area contributed by atoms with Gasteiger partial charge in [0.15, 0.2) is 0 Å². The Morgan fingerprint density at radius 3 is 2.33 bits per heavy atom. The number of fused-ring (bicyclic) bond motifs is 3. The lowest BCUT2D eigenvalue weighted by atomic mass is 9.86. The zero-order valence-electron chi connectivity index (χ0n) is 20.2. The molecule has 3 aromatic heterocycles. The Morgan fingerprint density at radius 1 is 0.833 bits per heavy atom. The van der Waals surface area contributed by atoms with Crippen LogP contribution in [0, 0.1) is 6.85 Å². The fourth-order valence-corrected chi connectivity index (χ4v) is 3.77. The zero-order chi connectivity index (χ0) is 23.4. The summed E-state index contributed by atoms with van der Waals surface area (Å²) in [6.45, 7) is 4.34. The zero-order valence-corrected chi connectivity index (χ0v) is 17.2. The number of pyridine rings is 2. The van der Waals surface area contributed by atoms with Gasteiger partial charge in [-0.05, 0) is 47.7 Å². The first kappa shape index (κ1) is 15.4. The number of nitrogens with zero attached hydrogens (tertiary/aromatic N) is 2. The van der Waals surface area contributed by atoms with Crippen LogP contribution in [-0.2, 0) is 5.41 Å². The molecule has 0 radical (unpaired) electrons. The van der Waals surface area contributed by atoms with Crippen molar-refractivity contribution in [1.82, 2.24) is 9.97 Å². The van der Waals surface area contributed by atoms with E-state index in [2.05, 4.69) is 56.1 Å². The fraction of sp³-hybridized carbons (Fsp3) is 0.185. The summed E-state index contributed by atoms with van der Waals surface area (Å²) in [6, 6.07) is 21.8. The molecule has 30 heavy (non-hydrogen) atoms. The van der Waals surface area contributed by atoms with E-state index in [0.29, 0.717) is 11.3 Å². The average molecular weight is 396 g/mol. The molecule has 3 nitrogen and oxygen atoms in total. The lowest BCUT2D eigenvalue weighted by molar-refractivity contribution is 0.590. The van der Waals surface area contributed by atoms with E-state index in [1.165, 1.54) is 11.6 Å². The molecule has 0 aliphatic carbocycles. The van der Waals surface area contributed by atoms with E-state index >= 15 is 0 Å². The molecule has 5 aromatic rings.